The Morgan fingerprint density at radius 1 is 1.30 bits per heavy atom. The third-order valence-corrected chi connectivity index (χ3v) is 3.73. The zero-order chi connectivity index (χ0) is 15.0. The fourth-order valence-electron chi connectivity index (χ4n) is 1.84. The molecule has 1 aromatic rings. The van der Waals surface area contributed by atoms with Gasteiger partial charge in [0, 0.05) is 18.5 Å². The van der Waals surface area contributed by atoms with Gasteiger partial charge in [0.05, 0.1) is 21.7 Å². The molecular formula is C13H17BN2O4. The third-order valence-electron chi connectivity index (χ3n) is 3.73. The summed E-state index contributed by atoms with van der Waals surface area (Å²) < 4.78 is 11.6. The topological polar surface area (TPSA) is 74.5 Å². The van der Waals surface area contributed by atoms with Gasteiger partial charge < -0.3 is 9.31 Å². The van der Waals surface area contributed by atoms with Crippen molar-refractivity contribution in [3.63, 3.8) is 0 Å². The van der Waals surface area contributed by atoms with Crippen molar-refractivity contribution in [2.45, 2.75) is 38.9 Å². The minimum Gasteiger partial charge on any atom is -0.400 e. The summed E-state index contributed by atoms with van der Waals surface area (Å²) in [6.45, 7) is 7.81. The Morgan fingerprint density at radius 3 is 2.45 bits per heavy atom. The summed E-state index contributed by atoms with van der Waals surface area (Å²) in [4.78, 5) is 14.4. The van der Waals surface area contributed by atoms with Gasteiger partial charge in [0.1, 0.15) is 0 Å². The summed E-state index contributed by atoms with van der Waals surface area (Å²) in [5, 5.41) is 10.9. The molecule has 0 radical (unpaired) electrons. The van der Waals surface area contributed by atoms with E-state index in [1.165, 1.54) is 18.5 Å². The summed E-state index contributed by atoms with van der Waals surface area (Å²) >= 11 is 0. The van der Waals surface area contributed by atoms with Crippen LogP contribution in [-0.4, -0.2) is 28.2 Å². The molecule has 2 heterocycles. The molecule has 106 valence electrons. The zero-order valence-corrected chi connectivity index (χ0v) is 12.0. The van der Waals surface area contributed by atoms with Crippen LogP contribution in [0.15, 0.2) is 24.4 Å². The smallest absolute Gasteiger partial charge is 0.400 e. The first-order chi connectivity index (χ1) is 9.23. The molecule has 0 aromatic carbocycles. The van der Waals surface area contributed by atoms with E-state index in [-0.39, 0.29) is 5.69 Å². The normalized spacial score (nSPS) is 20.5. The maximum absolute atomic E-state index is 10.9. The Morgan fingerprint density at radius 2 is 1.90 bits per heavy atom. The first kappa shape index (κ1) is 14.7. The van der Waals surface area contributed by atoms with E-state index >= 15 is 0 Å². The highest BCUT2D eigenvalue weighted by Gasteiger charge is 2.50. The molecule has 1 fully saturated rings. The van der Waals surface area contributed by atoms with Crippen LogP contribution in [-0.2, 0) is 9.31 Å². The van der Waals surface area contributed by atoms with Crippen LogP contribution in [0.1, 0.15) is 33.3 Å². The Bertz CT molecular complexity index is 541. The van der Waals surface area contributed by atoms with Gasteiger partial charge in [-0.1, -0.05) is 12.1 Å². The quantitative estimate of drug-likeness (QED) is 0.482. The van der Waals surface area contributed by atoms with Crippen molar-refractivity contribution in [2.24, 2.45) is 0 Å². The van der Waals surface area contributed by atoms with E-state index in [2.05, 4.69) is 4.98 Å². The lowest BCUT2D eigenvalue weighted by atomic mass is 9.89. The fraction of sp³-hybridized carbons (Fsp3) is 0.462. The van der Waals surface area contributed by atoms with Crippen LogP contribution in [0, 0.1) is 10.1 Å². The molecule has 0 amide bonds. The van der Waals surface area contributed by atoms with Gasteiger partial charge in [-0.25, -0.2) is 0 Å². The Balaban J connectivity index is 2.18. The number of nitrogens with zero attached hydrogens (tertiary/aromatic N) is 2. The van der Waals surface area contributed by atoms with E-state index in [1.54, 1.807) is 12.1 Å². The summed E-state index contributed by atoms with van der Waals surface area (Å²) in [6, 6.07) is 1.36. The summed E-state index contributed by atoms with van der Waals surface area (Å²) in [5.74, 6) is 1.67. The van der Waals surface area contributed by atoms with E-state index in [1.807, 2.05) is 27.7 Å². The van der Waals surface area contributed by atoms with E-state index in [4.69, 9.17) is 9.31 Å². The molecule has 0 spiro atoms. The van der Waals surface area contributed by atoms with E-state index in [0.29, 0.717) is 5.56 Å². The van der Waals surface area contributed by atoms with Gasteiger partial charge in [-0.15, -0.1) is 0 Å². The minimum absolute atomic E-state index is 0.00719. The average Bonchev–Trinajstić information content (AvgIpc) is 2.55. The average molecular weight is 276 g/mol. The molecule has 1 aliphatic heterocycles. The largest absolute Gasteiger partial charge is 0.487 e. The lowest BCUT2D eigenvalue weighted by Gasteiger charge is -2.32. The van der Waals surface area contributed by atoms with Gasteiger partial charge in [-0.2, -0.15) is 0 Å². The number of pyridine rings is 1. The Labute approximate surface area is 118 Å². The van der Waals surface area contributed by atoms with Crippen molar-refractivity contribution in [1.82, 2.24) is 4.98 Å². The number of hydrogen-bond acceptors (Lipinski definition) is 5. The number of rotatable bonds is 3. The van der Waals surface area contributed by atoms with E-state index < -0.39 is 23.2 Å². The maximum Gasteiger partial charge on any atom is 0.487 e. The van der Waals surface area contributed by atoms with Crippen molar-refractivity contribution in [3.05, 3.63) is 40.1 Å². The van der Waals surface area contributed by atoms with Crippen molar-refractivity contribution < 1.29 is 14.2 Å². The molecule has 0 atom stereocenters. The van der Waals surface area contributed by atoms with Crippen LogP contribution in [0.3, 0.4) is 0 Å². The highest BCUT2D eigenvalue weighted by molar-refractivity contribution is 6.52. The molecule has 7 heteroatoms. The second-order valence-corrected chi connectivity index (χ2v) is 5.68. The first-order valence-electron chi connectivity index (χ1n) is 6.35. The molecule has 0 bridgehead atoms. The molecule has 0 unspecified atom stereocenters. The molecule has 0 N–H and O–H groups in total. The second-order valence-electron chi connectivity index (χ2n) is 5.68. The maximum atomic E-state index is 10.9. The molecule has 6 nitrogen and oxygen atoms in total. The monoisotopic (exact) mass is 276 g/mol. The van der Waals surface area contributed by atoms with Gasteiger partial charge in [-0.05, 0) is 27.7 Å². The summed E-state index contributed by atoms with van der Waals surface area (Å²) in [5.41, 5.74) is -0.425. The van der Waals surface area contributed by atoms with E-state index in [0.717, 1.165) is 0 Å². The van der Waals surface area contributed by atoms with Crippen molar-refractivity contribution >= 4 is 18.9 Å². The van der Waals surface area contributed by atoms with Crippen LogP contribution in [0.2, 0.25) is 0 Å². The molecule has 0 saturated carbocycles. The van der Waals surface area contributed by atoms with Crippen LogP contribution in [0.4, 0.5) is 5.69 Å². The van der Waals surface area contributed by atoms with Crippen molar-refractivity contribution in [1.29, 1.82) is 0 Å². The Kier molecular flexibility index (Phi) is 3.66. The number of aromatic nitrogens is 1. The predicted molar refractivity (Wildman–Crippen MR) is 76.0 cm³/mol. The van der Waals surface area contributed by atoms with Gasteiger partial charge in [0.15, 0.2) is 0 Å². The number of nitro groups is 1. The highest BCUT2D eigenvalue weighted by Crippen LogP contribution is 2.37. The van der Waals surface area contributed by atoms with E-state index in [9.17, 15) is 10.1 Å². The van der Waals surface area contributed by atoms with Crippen LogP contribution >= 0.6 is 0 Å². The molecule has 2 rings (SSSR count). The van der Waals surface area contributed by atoms with Gasteiger partial charge >= 0.3 is 7.12 Å². The molecule has 1 aromatic heterocycles. The van der Waals surface area contributed by atoms with Gasteiger partial charge in [0.25, 0.3) is 5.69 Å². The van der Waals surface area contributed by atoms with Crippen LogP contribution in [0.25, 0.3) is 6.08 Å². The van der Waals surface area contributed by atoms with Crippen LogP contribution < -0.4 is 0 Å². The predicted octanol–water partition coefficient (Wildman–Crippen LogP) is 2.63. The minimum atomic E-state index is -0.528. The second kappa shape index (κ2) is 4.99. The SMILES string of the molecule is CC1(C)OB(/C=C/c2cnccc2[N+](=O)[O-])OC1(C)C. The van der Waals surface area contributed by atoms with Crippen LogP contribution in [0.5, 0.6) is 0 Å². The van der Waals surface area contributed by atoms with Gasteiger partial charge in [0.2, 0.25) is 0 Å². The summed E-state index contributed by atoms with van der Waals surface area (Å²) in [6.07, 6.45) is 4.44. The standard InChI is InChI=1S/C13H17BN2O4/c1-12(2)13(3,4)20-14(19-12)7-5-10-9-15-8-6-11(10)16(17)18/h5-9H,1-4H3/b7-5+. The molecular weight excluding hydrogens is 259 g/mol. The Hall–Kier alpha value is -1.73. The highest BCUT2D eigenvalue weighted by atomic mass is 16.7. The zero-order valence-electron chi connectivity index (χ0n) is 12.0. The molecule has 0 aliphatic carbocycles. The van der Waals surface area contributed by atoms with Crippen molar-refractivity contribution in [3.8, 4) is 0 Å². The third kappa shape index (κ3) is 2.73. The first-order valence-corrected chi connectivity index (χ1v) is 6.35. The lowest BCUT2D eigenvalue weighted by Crippen LogP contribution is -2.41. The number of hydrogen-bond donors (Lipinski definition) is 0. The lowest BCUT2D eigenvalue weighted by molar-refractivity contribution is -0.385. The molecule has 20 heavy (non-hydrogen) atoms. The fourth-order valence-corrected chi connectivity index (χ4v) is 1.84. The van der Waals surface area contributed by atoms with Crippen molar-refractivity contribution in [2.75, 3.05) is 0 Å². The molecule has 1 saturated heterocycles. The van der Waals surface area contributed by atoms with Gasteiger partial charge in [-0.3, -0.25) is 15.1 Å². The summed E-state index contributed by atoms with van der Waals surface area (Å²) in [7, 11) is -0.528. The molecule has 1 aliphatic rings.